The number of hydrogen-bond donors (Lipinski definition) is 1. The molecular formula is C30H31NO4. The summed E-state index contributed by atoms with van der Waals surface area (Å²) in [6.45, 7) is 2.10. The average Bonchev–Trinajstić information content (AvgIpc) is 2.88. The van der Waals surface area contributed by atoms with Gasteiger partial charge in [-0.05, 0) is 59.4 Å². The fraction of sp³-hybridized carbons (Fsp3) is 0.333. The third-order valence-electron chi connectivity index (χ3n) is 7.00. The molecule has 3 aromatic rings. The van der Waals surface area contributed by atoms with Gasteiger partial charge in [0.25, 0.3) is 0 Å². The number of ether oxygens (including phenoxy) is 2. The van der Waals surface area contributed by atoms with Crippen molar-refractivity contribution in [3.05, 3.63) is 71.3 Å². The molecule has 1 N–H and O–H groups in total. The van der Waals surface area contributed by atoms with E-state index in [2.05, 4.69) is 36.5 Å². The van der Waals surface area contributed by atoms with Crippen molar-refractivity contribution >= 4 is 33.8 Å². The molecule has 1 aliphatic carbocycles. The standard InChI is InChI=1S/C30H31NO4/c1-3-4-5-13-27(33)35-25-17-15-20(18-26(25)34-2)30-29-22(11-8-12-24(29)32)28-21-10-7-6-9-19(21)14-16-23(28)31-30/h6-7,9-10,14-18,30-31H,3-5,8,11-13H2,1-2H3. The topological polar surface area (TPSA) is 64.6 Å². The molecule has 2 aliphatic rings. The molecule has 0 saturated carbocycles. The van der Waals surface area contributed by atoms with Crippen LogP contribution in [0.5, 0.6) is 11.5 Å². The minimum Gasteiger partial charge on any atom is -0.493 e. The molecule has 3 aromatic carbocycles. The number of carbonyl (C=O) groups excluding carboxylic acids is 2. The average molecular weight is 470 g/mol. The zero-order valence-corrected chi connectivity index (χ0v) is 20.4. The Bertz CT molecular complexity index is 1320. The van der Waals surface area contributed by atoms with Crippen molar-refractivity contribution in [2.45, 2.75) is 57.9 Å². The summed E-state index contributed by atoms with van der Waals surface area (Å²) in [4.78, 5) is 25.5. The number of methoxy groups -OCH3 is 1. The first-order valence-corrected chi connectivity index (χ1v) is 12.5. The van der Waals surface area contributed by atoms with Gasteiger partial charge in [-0.25, -0.2) is 0 Å². The number of allylic oxidation sites excluding steroid dienone is 1. The third-order valence-corrected chi connectivity index (χ3v) is 7.00. The minimum absolute atomic E-state index is 0.188. The molecule has 0 aromatic heterocycles. The zero-order chi connectivity index (χ0) is 24.4. The fourth-order valence-electron chi connectivity index (χ4n) is 5.29. The van der Waals surface area contributed by atoms with Crippen LogP contribution in [-0.4, -0.2) is 18.9 Å². The van der Waals surface area contributed by atoms with Crippen molar-refractivity contribution in [3.63, 3.8) is 0 Å². The van der Waals surface area contributed by atoms with Crippen molar-refractivity contribution in [1.29, 1.82) is 0 Å². The summed E-state index contributed by atoms with van der Waals surface area (Å²) in [6, 6.07) is 17.9. The number of fused-ring (bicyclic) bond motifs is 4. The Morgan fingerprint density at radius 3 is 2.71 bits per heavy atom. The second kappa shape index (κ2) is 9.95. The number of unbranched alkanes of at least 4 members (excludes halogenated alkanes) is 2. The van der Waals surface area contributed by atoms with Crippen LogP contribution in [0.3, 0.4) is 0 Å². The number of anilines is 1. The third kappa shape index (κ3) is 4.43. The highest BCUT2D eigenvalue weighted by molar-refractivity contribution is 6.12. The summed E-state index contributed by atoms with van der Waals surface area (Å²) in [7, 11) is 1.57. The van der Waals surface area contributed by atoms with Gasteiger partial charge in [-0.3, -0.25) is 9.59 Å². The van der Waals surface area contributed by atoms with E-state index in [1.165, 1.54) is 10.8 Å². The number of Topliss-reactive ketones (excluding diaryl/α,β-unsaturated/α-hetero) is 1. The quantitative estimate of drug-likeness (QED) is 0.229. The molecule has 0 saturated heterocycles. The van der Waals surface area contributed by atoms with Crippen LogP contribution in [0.2, 0.25) is 0 Å². The Morgan fingerprint density at radius 2 is 1.89 bits per heavy atom. The van der Waals surface area contributed by atoms with E-state index in [0.29, 0.717) is 24.3 Å². The van der Waals surface area contributed by atoms with Crippen LogP contribution in [0.1, 0.15) is 69.0 Å². The van der Waals surface area contributed by atoms with Crippen molar-refractivity contribution in [2.75, 3.05) is 12.4 Å². The highest BCUT2D eigenvalue weighted by atomic mass is 16.6. The lowest BCUT2D eigenvalue weighted by molar-refractivity contribution is -0.134. The summed E-state index contributed by atoms with van der Waals surface area (Å²) in [5.41, 5.74) is 5.07. The van der Waals surface area contributed by atoms with Crippen LogP contribution in [0.25, 0.3) is 16.3 Å². The first kappa shape index (κ1) is 23.2. The maximum Gasteiger partial charge on any atom is 0.311 e. The Morgan fingerprint density at radius 1 is 1.03 bits per heavy atom. The van der Waals surface area contributed by atoms with Crippen LogP contribution >= 0.6 is 0 Å². The van der Waals surface area contributed by atoms with Crippen LogP contribution in [0.15, 0.2) is 60.2 Å². The molecule has 1 atom stereocenters. The maximum absolute atomic E-state index is 13.3. The lowest BCUT2D eigenvalue weighted by atomic mass is 9.77. The smallest absolute Gasteiger partial charge is 0.311 e. The molecule has 0 radical (unpaired) electrons. The molecule has 0 amide bonds. The molecule has 0 spiro atoms. The monoisotopic (exact) mass is 469 g/mol. The normalized spacial score (nSPS) is 17.0. The van der Waals surface area contributed by atoms with Crippen molar-refractivity contribution < 1.29 is 19.1 Å². The molecule has 5 nitrogen and oxygen atoms in total. The van der Waals surface area contributed by atoms with Crippen molar-refractivity contribution in [3.8, 4) is 11.5 Å². The van der Waals surface area contributed by atoms with Crippen LogP contribution in [0.4, 0.5) is 5.69 Å². The van der Waals surface area contributed by atoms with Crippen LogP contribution in [-0.2, 0) is 9.59 Å². The molecule has 5 rings (SSSR count). The van der Waals surface area contributed by atoms with Gasteiger partial charge in [-0.2, -0.15) is 0 Å². The molecule has 0 bridgehead atoms. The second-order valence-electron chi connectivity index (χ2n) is 9.30. The lowest BCUT2D eigenvalue weighted by Gasteiger charge is -2.35. The minimum atomic E-state index is -0.283. The van der Waals surface area contributed by atoms with Crippen molar-refractivity contribution in [1.82, 2.24) is 0 Å². The highest BCUT2D eigenvalue weighted by Crippen LogP contribution is 2.48. The summed E-state index contributed by atoms with van der Waals surface area (Å²) in [5, 5.41) is 5.98. The number of benzene rings is 3. The van der Waals surface area contributed by atoms with Gasteiger partial charge in [-0.1, -0.05) is 56.2 Å². The Hall–Kier alpha value is -3.60. The number of nitrogens with one attached hydrogen (secondary N) is 1. The van der Waals surface area contributed by atoms with E-state index in [1.54, 1.807) is 13.2 Å². The summed E-state index contributed by atoms with van der Waals surface area (Å²) >= 11 is 0. The Labute approximate surface area is 206 Å². The van der Waals surface area contributed by atoms with Gasteiger partial charge in [0.2, 0.25) is 0 Å². The molecule has 180 valence electrons. The van der Waals surface area contributed by atoms with Crippen molar-refractivity contribution in [2.24, 2.45) is 0 Å². The van der Waals surface area contributed by atoms with E-state index in [0.717, 1.165) is 60.1 Å². The number of esters is 1. The predicted molar refractivity (Wildman–Crippen MR) is 139 cm³/mol. The fourth-order valence-corrected chi connectivity index (χ4v) is 5.29. The van der Waals surface area contributed by atoms with E-state index < -0.39 is 0 Å². The highest BCUT2D eigenvalue weighted by Gasteiger charge is 2.35. The second-order valence-corrected chi connectivity index (χ2v) is 9.30. The Balaban J connectivity index is 1.53. The largest absolute Gasteiger partial charge is 0.493 e. The zero-order valence-electron chi connectivity index (χ0n) is 20.4. The molecule has 1 heterocycles. The Kier molecular flexibility index (Phi) is 6.58. The molecule has 35 heavy (non-hydrogen) atoms. The van der Waals surface area contributed by atoms with Gasteiger partial charge in [0.1, 0.15) is 0 Å². The van der Waals surface area contributed by atoms with Gasteiger partial charge < -0.3 is 14.8 Å². The van der Waals surface area contributed by atoms with Crippen LogP contribution < -0.4 is 14.8 Å². The van der Waals surface area contributed by atoms with Gasteiger partial charge in [0.15, 0.2) is 17.3 Å². The number of carbonyl (C=O) groups is 2. The van der Waals surface area contributed by atoms with E-state index in [-0.39, 0.29) is 17.8 Å². The van der Waals surface area contributed by atoms with E-state index in [9.17, 15) is 9.59 Å². The van der Waals surface area contributed by atoms with E-state index in [4.69, 9.17) is 9.47 Å². The molecule has 5 heteroatoms. The van der Waals surface area contributed by atoms with Gasteiger partial charge in [-0.15, -0.1) is 0 Å². The maximum atomic E-state index is 13.3. The summed E-state index contributed by atoms with van der Waals surface area (Å²) in [6.07, 6.45) is 5.55. The number of ketones is 1. The van der Waals surface area contributed by atoms with E-state index >= 15 is 0 Å². The van der Waals surface area contributed by atoms with Gasteiger partial charge in [0.05, 0.1) is 13.2 Å². The predicted octanol–water partition coefficient (Wildman–Crippen LogP) is 7.01. The molecular weight excluding hydrogens is 438 g/mol. The first-order chi connectivity index (χ1) is 17.1. The van der Waals surface area contributed by atoms with Crippen LogP contribution in [0, 0.1) is 0 Å². The summed E-state index contributed by atoms with van der Waals surface area (Å²) < 4.78 is 11.2. The summed E-state index contributed by atoms with van der Waals surface area (Å²) in [5.74, 6) is 0.827. The number of hydrogen-bond acceptors (Lipinski definition) is 5. The van der Waals surface area contributed by atoms with Gasteiger partial charge >= 0.3 is 5.97 Å². The van der Waals surface area contributed by atoms with E-state index in [1.807, 2.05) is 24.3 Å². The SMILES string of the molecule is CCCCCC(=O)Oc1ccc(C2Nc3ccc4ccccc4c3C3=C2C(=O)CCC3)cc1OC. The molecule has 1 aliphatic heterocycles. The first-order valence-electron chi connectivity index (χ1n) is 12.5. The number of rotatable bonds is 7. The lowest BCUT2D eigenvalue weighted by Crippen LogP contribution is -2.27. The molecule has 0 fully saturated rings. The molecule has 1 unspecified atom stereocenters. The van der Waals surface area contributed by atoms with Gasteiger partial charge in [0, 0.05) is 29.7 Å².